The minimum Gasteiger partial charge on any atom is -0.507 e. The molecular weight excluding hydrogens is 352 g/mol. The highest BCUT2D eigenvalue weighted by Gasteiger charge is 2.32. The second-order valence-corrected chi connectivity index (χ2v) is 7.55. The van der Waals surface area contributed by atoms with Crippen molar-refractivity contribution in [3.8, 4) is 11.5 Å². The van der Waals surface area contributed by atoms with Crippen molar-refractivity contribution < 1.29 is 14.6 Å². The average Bonchev–Trinajstić information content (AvgIpc) is 3.02. The zero-order valence-corrected chi connectivity index (χ0v) is 16.4. The van der Waals surface area contributed by atoms with E-state index in [-0.39, 0.29) is 11.5 Å². The van der Waals surface area contributed by atoms with Crippen LogP contribution >= 0.6 is 0 Å². The SMILES string of the molecule is CCc1ccc(/C=C2/Oc3c(ccc(O)c3CN3CCN(C)CC3)C2=O)cc1. The maximum absolute atomic E-state index is 12.8. The van der Waals surface area contributed by atoms with Crippen LogP contribution in [0.5, 0.6) is 11.5 Å². The molecule has 28 heavy (non-hydrogen) atoms. The normalized spacial score (nSPS) is 19.1. The lowest BCUT2D eigenvalue weighted by atomic mass is 10.0. The molecule has 1 saturated heterocycles. The van der Waals surface area contributed by atoms with E-state index in [1.165, 1.54) is 5.56 Å². The van der Waals surface area contributed by atoms with Gasteiger partial charge in [-0.2, -0.15) is 0 Å². The van der Waals surface area contributed by atoms with E-state index in [9.17, 15) is 9.90 Å². The molecule has 5 heteroatoms. The Morgan fingerprint density at radius 2 is 1.79 bits per heavy atom. The van der Waals surface area contributed by atoms with E-state index < -0.39 is 0 Å². The van der Waals surface area contributed by atoms with Gasteiger partial charge in [0.2, 0.25) is 5.78 Å². The quantitative estimate of drug-likeness (QED) is 0.827. The maximum Gasteiger partial charge on any atom is 0.231 e. The van der Waals surface area contributed by atoms with Gasteiger partial charge in [-0.25, -0.2) is 0 Å². The highest BCUT2D eigenvalue weighted by Crippen LogP contribution is 2.40. The van der Waals surface area contributed by atoms with Crippen molar-refractivity contribution in [3.05, 3.63) is 64.4 Å². The van der Waals surface area contributed by atoms with Crippen LogP contribution in [-0.2, 0) is 13.0 Å². The summed E-state index contributed by atoms with van der Waals surface area (Å²) in [6, 6.07) is 11.4. The number of fused-ring (bicyclic) bond motifs is 1. The van der Waals surface area contributed by atoms with Crippen molar-refractivity contribution in [2.75, 3.05) is 33.2 Å². The molecule has 2 aromatic carbocycles. The summed E-state index contributed by atoms with van der Waals surface area (Å²) in [6.07, 6.45) is 2.76. The van der Waals surface area contributed by atoms with Crippen molar-refractivity contribution in [2.24, 2.45) is 0 Å². The second-order valence-electron chi connectivity index (χ2n) is 7.55. The summed E-state index contributed by atoms with van der Waals surface area (Å²) in [5, 5.41) is 10.4. The van der Waals surface area contributed by atoms with E-state index in [0.29, 0.717) is 29.2 Å². The lowest BCUT2D eigenvalue weighted by Crippen LogP contribution is -2.43. The van der Waals surface area contributed by atoms with Crippen LogP contribution in [0.15, 0.2) is 42.2 Å². The fraction of sp³-hybridized carbons (Fsp3) is 0.348. The van der Waals surface area contributed by atoms with Crippen LogP contribution in [-0.4, -0.2) is 53.9 Å². The number of aryl methyl sites for hydroxylation is 1. The molecule has 0 bridgehead atoms. The van der Waals surface area contributed by atoms with Gasteiger partial charge in [0.25, 0.3) is 0 Å². The van der Waals surface area contributed by atoms with E-state index in [4.69, 9.17) is 4.74 Å². The number of phenols is 1. The first-order valence-corrected chi connectivity index (χ1v) is 9.84. The molecule has 0 aromatic heterocycles. The predicted octanol–water partition coefficient (Wildman–Crippen LogP) is 3.32. The number of carbonyl (C=O) groups is 1. The number of rotatable bonds is 4. The monoisotopic (exact) mass is 378 g/mol. The Labute approximate surface area is 165 Å². The zero-order valence-electron chi connectivity index (χ0n) is 16.4. The minimum absolute atomic E-state index is 0.130. The number of phenolic OH excluding ortho intramolecular Hbond substituents is 1. The molecule has 2 aromatic rings. The highest BCUT2D eigenvalue weighted by molar-refractivity contribution is 6.15. The van der Waals surface area contributed by atoms with Crippen LogP contribution in [0.25, 0.3) is 6.08 Å². The molecule has 5 nitrogen and oxygen atoms in total. The van der Waals surface area contributed by atoms with Gasteiger partial charge in [0.05, 0.1) is 11.1 Å². The number of likely N-dealkylation sites (N-methyl/N-ethyl adjacent to an activating group) is 1. The first-order valence-electron chi connectivity index (χ1n) is 9.84. The first kappa shape index (κ1) is 18.7. The number of Topliss-reactive ketones (excluding diaryl/α,β-unsaturated/α-hetero) is 1. The number of benzene rings is 2. The van der Waals surface area contributed by atoms with Crippen LogP contribution in [0.3, 0.4) is 0 Å². The number of carbonyl (C=O) groups excluding carboxylic acids is 1. The molecule has 0 unspecified atom stereocenters. The zero-order chi connectivity index (χ0) is 19.7. The van der Waals surface area contributed by atoms with Crippen molar-refractivity contribution in [1.29, 1.82) is 0 Å². The van der Waals surface area contributed by atoms with Crippen LogP contribution in [0.4, 0.5) is 0 Å². The number of ketones is 1. The van der Waals surface area contributed by atoms with Crippen LogP contribution in [0.2, 0.25) is 0 Å². The Morgan fingerprint density at radius 3 is 2.46 bits per heavy atom. The summed E-state index contributed by atoms with van der Waals surface area (Å²) in [5.41, 5.74) is 3.40. The van der Waals surface area contributed by atoms with Gasteiger partial charge in [0, 0.05) is 32.7 Å². The number of hydrogen-bond acceptors (Lipinski definition) is 5. The fourth-order valence-corrected chi connectivity index (χ4v) is 3.68. The van der Waals surface area contributed by atoms with Gasteiger partial charge in [0.15, 0.2) is 5.76 Å². The van der Waals surface area contributed by atoms with Crippen LogP contribution in [0.1, 0.15) is 34.0 Å². The van der Waals surface area contributed by atoms with Crippen LogP contribution in [0, 0.1) is 0 Å². The summed E-state index contributed by atoms with van der Waals surface area (Å²) >= 11 is 0. The fourth-order valence-electron chi connectivity index (χ4n) is 3.68. The van der Waals surface area contributed by atoms with Crippen LogP contribution < -0.4 is 4.74 Å². The van der Waals surface area contributed by atoms with E-state index in [1.54, 1.807) is 18.2 Å². The number of allylic oxidation sites excluding steroid dienone is 1. The van der Waals surface area contributed by atoms with E-state index >= 15 is 0 Å². The molecule has 4 rings (SSSR count). The molecule has 0 saturated carbocycles. The van der Waals surface area contributed by atoms with Crippen molar-refractivity contribution in [1.82, 2.24) is 9.80 Å². The summed E-state index contributed by atoms with van der Waals surface area (Å²) < 4.78 is 5.97. The maximum atomic E-state index is 12.8. The van der Waals surface area contributed by atoms with Gasteiger partial charge < -0.3 is 14.7 Å². The standard InChI is InChI=1S/C23H26N2O3/c1-3-16-4-6-17(7-5-16)14-21-22(27)18-8-9-20(26)19(23(18)28-21)15-25-12-10-24(2)11-13-25/h4-9,14,26H,3,10-13,15H2,1-2H3/b21-14+. The van der Waals surface area contributed by atoms with Gasteiger partial charge in [-0.15, -0.1) is 0 Å². The first-order chi connectivity index (χ1) is 13.5. The van der Waals surface area contributed by atoms with Gasteiger partial charge in [-0.1, -0.05) is 31.2 Å². The molecule has 0 radical (unpaired) electrons. The number of piperazine rings is 1. The van der Waals surface area contributed by atoms with Crippen molar-refractivity contribution >= 4 is 11.9 Å². The third-order valence-electron chi connectivity index (χ3n) is 5.58. The smallest absolute Gasteiger partial charge is 0.231 e. The average molecular weight is 378 g/mol. The Morgan fingerprint density at radius 1 is 1.07 bits per heavy atom. The molecule has 1 N–H and O–H groups in total. The molecule has 0 aliphatic carbocycles. The highest BCUT2D eigenvalue weighted by atomic mass is 16.5. The van der Waals surface area contributed by atoms with Crippen molar-refractivity contribution in [2.45, 2.75) is 19.9 Å². The van der Waals surface area contributed by atoms with E-state index in [2.05, 4.69) is 35.9 Å². The molecule has 0 atom stereocenters. The Hall–Kier alpha value is -2.63. The molecule has 2 aliphatic heterocycles. The third kappa shape index (κ3) is 3.68. The van der Waals surface area contributed by atoms with E-state index in [0.717, 1.165) is 38.2 Å². The largest absolute Gasteiger partial charge is 0.507 e. The molecule has 0 spiro atoms. The number of aromatic hydroxyl groups is 1. The summed E-state index contributed by atoms with van der Waals surface area (Å²) in [4.78, 5) is 17.4. The lowest BCUT2D eigenvalue weighted by molar-refractivity contribution is 0.101. The Bertz CT molecular complexity index is 910. The third-order valence-corrected chi connectivity index (χ3v) is 5.58. The lowest BCUT2D eigenvalue weighted by Gasteiger charge is -2.32. The summed E-state index contributed by atoms with van der Waals surface area (Å²) in [5.74, 6) is 0.859. The van der Waals surface area contributed by atoms with Gasteiger partial charge in [-0.05, 0) is 42.8 Å². The topological polar surface area (TPSA) is 53.0 Å². The molecule has 0 amide bonds. The minimum atomic E-state index is -0.130. The summed E-state index contributed by atoms with van der Waals surface area (Å²) in [6.45, 7) is 6.54. The predicted molar refractivity (Wildman–Crippen MR) is 110 cm³/mol. The molecule has 2 heterocycles. The Kier molecular flexibility index (Phi) is 5.20. The number of nitrogens with zero attached hydrogens (tertiary/aromatic N) is 2. The number of hydrogen-bond donors (Lipinski definition) is 1. The molecule has 146 valence electrons. The molecule has 2 aliphatic rings. The summed E-state index contributed by atoms with van der Waals surface area (Å²) in [7, 11) is 2.11. The van der Waals surface area contributed by atoms with Gasteiger partial charge in [-0.3, -0.25) is 9.69 Å². The van der Waals surface area contributed by atoms with E-state index in [1.807, 2.05) is 12.1 Å². The second kappa shape index (κ2) is 7.78. The van der Waals surface area contributed by atoms with Gasteiger partial charge in [0.1, 0.15) is 11.5 Å². The van der Waals surface area contributed by atoms with Gasteiger partial charge >= 0.3 is 0 Å². The molecule has 1 fully saturated rings. The Balaban J connectivity index is 1.60. The number of ether oxygens (including phenoxy) is 1. The molecular formula is C23H26N2O3. The van der Waals surface area contributed by atoms with Crippen molar-refractivity contribution in [3.63, 3.8) is 0 Å².